The fraction of sp³-hybridized carbons (Fsp3) is 0.250. The van der Waals surface area contributed by atoms with Crippen LogP contribution in [-0.4, -0.2) is 34.8 Å². The number of rotatable bonds is 9. The number of benzene rings is 3. The number of fused-ring (bicyclic) bond motifs is 1. The maximum Gasteiger partial charge on any atom is 0.417 e. The number of hydrogen-bond acceptors (Lipinski definition) is 6. The van der Waals surface area contributed by atoms with Gasteiger partial charge in [0.05, 0.1) is 33.5 Å². The molecule has 0 radical (unpaired) electrons. The first-order valence-electron chi connectivity index (χ1n) is 12.5. The molecule has 13 heteroatoms. The van der Waals surface area contributed by atoms with E-state index in [4.69, 9.17) is 21.1 Å². The maximum absolute atomic E-state index is 13.5. The predicted octanol–water partition coefficient (Wildman–Crippen LogP) is 6.42. The molecule has 4 aromatic rings. The Kier molecular flexibility index (Phi) is 9.04. The van der Waals surface area contributed by atoms with E-state index in [0.717, 1.165) is 12.1 Å². The van der Waals surface area contributed by atoms with Gasteiger partial charge in [0, 0.05) is 37.5 Å². The lowest BCUT2D eigenvalue weighted by atomic mass is 10.1. The Morgan fingerprint density at radius 3 is 2.56 bits per heavy atom. The Hall–Kier alpha value is -4.29. The zero-order valence-electron chi connectivity index (χ0n) is 22.3. The molecule has 2 amide bonds. The number of nitrogens with one attached hydrogen (secondary N) is 3. The number of carbonyl (C=O) groups excluding carboxylic acids is 1. The van der Waals surface area contributed by atoms with E-state index in [0.29, 0.717) is 34.6 Å². The van der Waals surface area contributed by atoms with E-state index in [2.05, 4.69) is 20.9 Å². The molecule has 3 aromatic carbocycles. The van der Waals surface area contributed by atoms with Crippen molar-refractivity contribution in [3.63, 3.8) is 0 Å². The number of halogens is 4. The van der Waals surface area contributed by atoms with Crippen molar-refractivity contribution < 1.29 is 27.4 Å². The van der Waals surface area contributed by atoms with Crippen LogP contribution in [-0.2, 0) is 13.2 Å². The minimum absolute atomic E-state index is 0.0160. The van der Waals surface area contributed by atoms with Crippen LogP contribution in [0.5, 0.6) is 17.2 Å². The highest BCUT2D eigenvalue weighted by atomic mass is 35.5. The molecular formula is C28H27ClF3N5O4. The van der Waals surface area contributed by atoms with Crippen LogP contribution in [0.3, 0.4) is 0 Å². The Morgan fingerprint density at radius 1 is 1.07 bits per heavy atom. The molecule has 0 saturated carbocycles. The number of anilines is 2. The minimum Gasteiger partial charge on any atom is -0.490 e. The molecule has 0 unspecified atom stereocenters. The summed E-state index contributed by atoms with van der Waals surface area (Å²) in [7, 11) is 1.59. The van der Waals surface area contributed by atoms with Gasteiger partial charge in [-0.3, -0.25) is 4.79 Å². The topological polar surface area (TPSA) is 107 Å². The van der Waals surface area contributed by atoms with Gasteiger partial charge in [-0.2, -0.15) is 13.2 Å². The number of nitrogens with zero attached hydrogens (tertiary/aromatic N) is 2. The minimum atomic E-state index is -4.74. The zero-order valence-corrected chi connectivity index (χ0v) is 23.1. The summed E-state index contributed by atoms with van der Waals surface area (Å²) >= 11 is 5.87. The molecular weight excluding hydrogens is 563 g/mol. The molecule has 0 spiro atoms. The van der Waals surface area contributed by atoms with Crippen molar-refractivity contribution in [1.82, 2.24) is 14.9 Å². The molecule has 41 heavy (non-hydrogen) atoms. The van der Waals surface area contributed by atoms with Gasteiger partial charge in [-0.25, -0.2) is 9.78 Å². The molecule has 0 aliphatic rings. The van der Waals surface area contributed by atoms with Gasteiger partial charge in [0.15, 0.2) is 0 Å². The van der Waals surface area contributed by atoms with E-state index in [1.165, 1.54) is 17.0 Å². The predicted molar refractivity (Wildman–Crippen MR) is 151 cm³/mol. The van der Waals surface area contributed by atoms with Crippen molar-refractivity contribution in [3.8, 4) is 17.2 Å². The summed E-state index contributed by atoms with van der Waals surface area (Å²) in [5.74, 6) is 0.701. The summed E-state index contributed by atoms with van der Waals surface area (Å²) in [6, 6.07) is 12.3. The number of alkyl halides is 3. The van der Waals surface area contributed by atoms with Crippen LogP contribution in [0, 0.1) is 0 Å². The lowest BCUT2D eigenvalue weighted by Crippen LogP contribution is -2.28. The second kappa shape index (κ2) is 12.5. The van der Waals surface area contributed by atoms with E-state index in [1.54, 1.807) is 43.4 Å². The average molecular weight is 590 g/mol. The smallest absolute Gasteiger partial charge is 0.417 e. The van der Waals surface area contributed by atoms with Crippen LogP contribution in [0.2, 0.25) is 5.02 Å². The van der Waals surface area contributed by atoms with Gasteiger partial charge >= 0.3 is 12.2 Å². The lowest BCUT2D eigenvalue weighted by molar-refractivity contribution is -0.137. The highest BCUT2D eigenvalue weighted by molar-refractivity contribution is 6.31. The number of aryl methyl sites for hydroxylation is 1. The van der Waals surface area contributed by atoms with Gasteiger partial charge in [-0.1, -0.05) is 31.5 Å². The third-order valence-electron chi connectivity index (χ3n) is 5.75. The van der Waals surface area contributed by atoms with Crippen molar-refractivity contribution in [2.75, 3.05) is 23.8 Å². The van der Waals surface area contributed by atoms with E-state index < -0.39 is 22.8 Å². The molecule has 0 atom stereocenters. The van der Waals surface area contributed by atoms with E-state index in [9.17, 15) is 22.8 Å². The summed E-state index contributed by atoms with van der Waals surface area (Å²) in [6.45, 7) is 4.44. The number of amides is 2. The van der Waals surface area contributed by atoms with Crippen molar-refractivity contribution in [2.24, 2.45) is 7.05 Å². The number of ether oxygens (including phenoxy) is 2. The lowest BCUT2D eigenvalue weighted by Gasteiger charge is -2.18. The van der Waals surface area contributed by atoms with Crippen molar-refractivity contribution in [2.45, 2.75) is 26.1 Å². The standard InChI is InChI=1S/C28H27ClF3N5O4/c1-16(2)33-9-10-40-25-14-22(29)21(28(30,31)32)13-24(25)36-27(39)35-17-5-4-6-18(11-17)41-19-7-8-23-20(12-19)26(38)37(3)15-34-23/h4-8,11-16,33H,9-10H2,1-3H3,(H2,35,36,39). The summed E-state index contributed by atoms with van der Waals surface area (Å²) < 4.78 is 53.3. The van der Waals surface area contributed by atoms with E-state index >= 15 is 0 Å². The van der Waals surface area contributed by atoms with Crippen LogP contribution in [0.4, 0.5) is 29.3 Å². The fourth-order valence-electron chi connectivity index (χ4n) is 3.81. The zero-order chi connectivity index (χ0) is 29.7. The number of carbonyl (C=O) groups is 1. The largest absolute Gasteiger partial charge is 0.490 e. The first kappa shape index (κ1) is 29.7. The quantitative estimate of drug-likeness (QED) is 0.195. The molecule has 1 heterocycles. The number of hydrogen-bond donors (Lipinski definition) is 3. The van der Waals surface area contributed by atoms with Crippen LogP contribution in [0.1, 0.15) is 19.4 Å². The van der Waals surface area contributed by atoms with Crippen molar-refractivity contribution >= 4 is 39.9 Å². The summed E-state index contributed by atoms with van der Waals surface area (Å²) in [4.78, 5) is 29.4. The molecule has 9 nitrogen and oxygen atoms in total. The van der Waals surface area contributed by atoms with Crippen molar-refractivity contribution in [1.29, 1.82) is 0 Å². The third kappa shape index (κ3) is 7.68. The first-order valence-corrected chi connectivity index (χ1v) is 12.9. The second-order valence-corrected chi connectivity index (χ2v) is 9.74. The van der Waals surface area contributed by atoms with E-state index in [1.807, 2.05) is 13.8 Å². The molecule has 0 bridgehead atoms. The van der Waals surface area contributed by atoms with Gasteiger partial charge in [-0.05, 0) is 36.4 Å². The normalized spacial score (nSPS) is 11.5. The molecule has 4 rings (SSSR count). The Labute approximate surface area is 238 Å². The Morgan fingerprint density at radius 2 is 1.83 bits per heavy atom. The molecule has 0 aliphatic carbocycles. The molecule has 1 aromatic heterocycles. The van der Waals surface area contributed by atoms with Crippen LogP contribution in [0.25, 0.3) is 10.9 Å². The molecule has 216 valence electrons. The highest BCUT2D eigenvalue weighted by Crippen LogP contribution is 2.40. The van der Waals surface area contributed by atoms with Gasteiger partial charge < -0.3 is 30.0 Å². The molecule has 0 aliphatic heterocycles. The molecule has 3 N–H and O–H groups in total. The van der Waals surface area contributed by atoms with Gasteiger partial charge in [0.2, 0.25) is 0 Å². The van der Waals surface area contributed by atoms with Crippen molar-refractivity contribution in [3.05, 3.63) is 81.9 Å². The van der Waals surface area contributed by atoms with E-state index in [-0.39, 0.29) is 29.6 Å². The van der Waals surface area contributed by atoms with Crippen LogP contribution < -0.4 is 31.0 Å². The van der Waals surface area contributed by atoms with Gasteiger partial charge in [0.1, 0.15) is 23.9 Å². The summed E-state index contributed by atoms with van der Waals surface area (Å²) in [5.41, 5.74) is -0.738. The number of urea groups is 1. The third-order valence-corrected chi connectivity index (χ3v) is 6.06. The SMILES string of the molecule is CC(C)NCCOc1cc(Cl)c(C(F)(F)F)cc1NC(=O)Nc1cccc(Oc2ccc3ncn(C)c(=O)c3c2)c1. The second-order valence-electron chi connectivity index (χ2n) is 9.33. The number of aromatic nitrogens is 2. The van der Waals surface area contributed by atoms with Crippen LogP contribution in [0.15, 0.2) is 65.7 Å². The fourth-order valence-corrected chi connectivity index (χ4v) is 4.07. The highest BCUT2D eigenvalue weighted by Gasteiger charge is 2.34. The van der Waals surface area contributed by atoms with Gasteiger partial charge in [0.25, 0.3) is 5.56 Å². The summed E-state index contributed by atoms with van der Waals surface area (Å²) in [5, 5.41) is 7.93. The monoisotopic (exact) mass is 589 g/mol. The maximum atomic E-state index is 13.5. The van der Waals surface area contributed by atoms with Crippen LogP contribution >= 0.6 is 11.6 Å². The molecule has 0 fully saturated rings. The Balaban J connectivity index is 1.50. The average Bonchev–Trinajstić information content (AvgIpc) is 2.89. The molecule has 0 saturated heterocycles. The van der Waals surface area contributed by atoms with Gasteiger partial charge in [-0.15, -0.1) is 0 Å². The Bertz CT molecular complexity index is 1630. The summed E-state index contributed by atoms with van der Waals surface area (Å²) in [6.07, 6.45) is -3.31. The first-order chi connectivity index (χ1) is 19.4.